The number of hydrogen-bond donors (Lipinski definition) is 1. The Morgan fingerprint density at radius 3 is 2.23 bits per heavy atom. The van der Waals surface area contributed by atoms with E-state index in [9.17, 15) is 9.59 Å². The summed E-state index contributed by atoms with van der Waals surface area (Å²) in [6, 6.07) is 17.5. The van der Waals surface area contributed by atoms with Crippen LogP contribution in [0.1, 0.15) is 61.2 Å². The number of esters is 1. The number of anilines is 1. The Kier molecular flexibility index (Phi) is 13.5. The summed E-state index contributed by atoms with van der Waals surface area (Å²) >= 11 is 13.3. The summed E-state index contributed by atoms with van der Waals surface area (Å²) < 4.78 is 27.7. The Bertz CT molecular complexity index is 1870. The number of hydrogen-bond acceptors (Lipinski definition) is 7. The predicted octanol–water partition coefficient (Wildman–Crippen LogP) is 3.96. The van der Waals surface area contributed by atoms with E-state index in [2.05, 4.69) is 26.6 Å². The molecule has 13 heteroatoms. The van der Waals surface area contributed by atoms with Gasteiger partial charge >= 0.3 is 5.97 Å². The lowest BCUT2D eigenvalue weighted by molar-refractivity contribution is -0.697. The van der Waals surface area contributed by atoms with E-state index in [1.807, 2.05) is 75.3 Å². The number of aromatic amines is 1. The molecule has 0 bridgehead atoms. The van der Waals surface area contributed by atoms with Gasteiger partial charge in [0, 0.05) is 49.4 Å². The van der Waals surface area contributed by atoms with Crippen molar-refractivity contribution < 1.29 is 50.1 Å². The number of imidazole rings is 1. The lowest BCUT2D eigenvalue weighted by atomic mass is 9.89. The Morgan fingerprint density at radius 1 is 0.962 bits per heavy atom. The molecule has 53 heavy (non-hydrogen) atoms. The van der Waals surface area contributed by atoms with Crippen molar-refractivity contribution in [1.29, 1.82) is 0 Å². The van der Waals surface area contributed by atoms with Gasteiger partial charge in [0.2, 0.25) is 11.7 Å². The van der Waals surface area contributed by atoms with Crippen molar-refractivity contribution in [3.63, 3.8) is 0 Å². The molecule has 284 valence electrons. The summed E-state index contributed by atoms with van der Waals surface area (Å²) in [4.78, 5) is 31.8. The normalized spacial score (nSPS) is 16.2. The molecule has 0 radical (unpaired) electrons. The quantitative estimate of drug-likeness (QED) is 0.139. The van der Waals surface area contributed by atoms with Crippen LogP contribution < -0.4 is 35.9 Å². The summed E-state index contributed by atoms with van der Waals surface area (Å²) in [5.41, 5.74) is 4.54. The van der Waals surface area contributed by atoms with E-state index in [0.717, 1.165) is 47.7 Å². The van der Waals surface area contributed by atoms with Crippen molar-refractivity contribution in [3.8, 4) is 11.5 Å². The average molecular weight is 831 g/mol. The van der Waals surface area contributed by atoms with Gasteiger partial charge in [-0.05, 0) is 85.5 Å². The van der Waals surface area contributed by atoms with Gasteiger partial charge in [-0.25, -0.2) is 9.55 Å². The number of ether oxygens (including phenoxy) is 4. The number of benzene rings is 3. The van der Waals surface area contributed by atoms with E-state index in [1.165, 1.54) is 0 Å². The SMILES string of the molecule is CC(=O)N1CCN(c2ccc(OCC(c3[nH]cc[n+]3Cc3cc(C)c(OC(=O)C(C)C)c(C)c3)C3(c4ccc(Cl)cc4Cl)OCCCO3)cc2)CC1.[Br-]. The van der Waals surface area contributed by atoms with Crippen molar-refractivity contribution in [1.82, 2.24) is 9.88 Å². The molecule has 0 spiro atoms. The van der Waals surface area contributed by atoms with E-state index < -0.39 is 11.7 Å². The third kappa shape index (κ3) is 9.20. The molecule has 2 saturated heterocycles. The molecule has 6 rings (SSSR count). The van der Waals surface area contributed by atoms with E-state index in [0.29, 0.717) is 60.0 Å². The maximum Gasteiger partial charge on any atom is 0.313 e. The van der Waals surface area contributed by atoms with Crippen molar-refractivity contribution in [2.24, 2.45) is 5.92 Å². The number of carbonyl (C=O) groups excluding carboxylic acids is 2. The van der Waals surface area contributed by atoms with E-state index in [-0.39, 0.29) is 41.4 Å². The highest BCUT2D eigenvalue weighted by atomic mass is 79.9. The third-order valence-electron chi connectivity index (χ3n) is 9.70. The van der Waals surface area contributed by atoms with Gasteiger partial charge < -0.3 is 45.7 Å². The maximum absolute atomic E-state index is 12.4. The van der Waals surface area contributed by atoms with Crippen LogP contribution in [0, 0.1) is 19.8 Å². The second-order valence-corrected chi connectivity index (χ2v) is 14.6. The van der Waals surface area contributed by atoms with Crippen LogP contribution in [0.15, 0.2) is 67.0 Å². The van der Waals surface area contributed by atoms with Gasteiger partial charge in [-0.15, -0.1) is 0 Å². The number of amides is 1. The van der Waals surface area contributed by atoms with Crippen LogP contribution in [-0.2, 0) is 31.4 Å². The van der Waals surface area contributed by atoms with Crippen molar-refractivity contribution in [2.45, 2.75) is 59.3 Å². The van der Waals surface area contributed by atoms with Gasteiger partial charge in [0.15, 0.2) is 5.92 Å². The molecule has 0 saturated carbocycles. The summed E-state index contributed by atoms with van der Waals surface area (Å²) in [5.74, 6) is -0.0641. The number of H-pyrrole nitrogens is 1. The number of nitrogens with one attached hydrogen (secondary N) is 1. The van der Waals surface area contributed by atoms with Crippen LogP contribution in [0.25, 0.3) is 0 Å². The van der Waals surface area contributed by atoms with Gasteiger partial charge in [-0.1, -0.05) is 43.1 Å². The molecule has 1 aromatic heterocycles. The molecular weight excluding hydrogens is 783 g/mol. The van der Waals surface area contributed by atoms with Gasteiger partial charge in [0.25, 0.3) is 5.82 Å². The smallest absolute Gasteiger partial charge is 0.313 e. The summed E-state index contributed by atoms with van der Waals surface area (Å²) in [7, 11) is 0. The number of halogens is 3. The standard InChI is InChI=1S/C40H46Cl2N4O6.BrH/c1-26(2)39(48)52-37-27(3)21-30(22-28(37)4)24-46-14-13-43-38(46)35(40(50-19-6-20-51-40)34-12-7-31(41)23-36(34)42)25-49-33-10-8-32(9-11-33)45-17-15-44(16-18-45)29(5)47;/h7-14,21-23,26,35H,6,15-20,24-25H2,1-5H3;1H. The fourth-order valence-electron chi connectivity index (χ4n) is 6.97. The van der Waals surface area contributed by atoms with E-state index >= 15 is 0 Å². The van der Waals surface area contributed by atoms with E-state index in [1.54, 1.807) is 19.1 Å². The summed E-state index contributed by atoms with van der Waals surface area (Å²) in [5, 5.41) is 0.947. The number of aromatic nitrogens is 2. The second kappa shape index (κ2) is 17.7. The Balaban J connectivity index is 0.00000541. The minimum atomic E-state index is -1.29. The first kappa shape index (κ1) is 40.6. The Morgan fingerprint density at radius 2 is 1.62 bits per heavy atom. The zero-order valence-electron chi connectivity index (χ0n) is 30.8. The van der Waals surface area contributed by atoms with Crippen LogP contribution in [0.5, 0.6) is 11.5 Å². The largest absolute Gasteiger partial charge is 1.00 e. The molecule has 2 aliphatic rings. The molecule has 2 fully saturated rings. The fourth-order valence-corrected chi connectivity index (χ4v) is 7.51. The van der Waals surface area contributed by atoms with Crippen LogP contribution in [0.4, 0.5) is 5.69 Å². The molecule has 4 aromatic rings. The lowest BCUT2D eigenvalue weighted by Crippen LogP contribution is -3.00. The number of nitrogens with zero attached hydrogens (tertiary/aromatic N) is 3. The van der Waals surface area contributed by atoms with Crippen LogP contribution in [-0.4, -0.2) is 67.8 Å². The summed E-state index contributed by atoms with van der Waals surface area (Å²) in [6.45, 7) is 13.8. The summed E-state index contributed by atoms with van der Waals surface area (Å²) in [6.07, 6.45) is 4.61. The molecule has 1 N–H and O–H groups in total. The third-order valence-corrected chi connectivity index (χ3v) is 10.3. The monoisotopic (exact) mass is 828 g/mol. The molecule has 3 heterocycles. The highest BCUT2D eigenvalue weighted by Gasteiger charge is 2.51. The minimum absolute atomic E-state index is 0. The number of carbonyl (C=O) groups is 2. The van der Waals surface area contributed by atoms with Crippen molar-refractivity contribution >= 4 is 40.8 Å². The molecular formula is C40H47BrCl2N4O6. The molecule has 10 nitrogen and oxygen atoms in total. The highest BCUT2D eigenvalue weighted by molar-refractivity contribution is 6.35. The number of rotatable bonds is 11. The first-order valence-electron chi connectivity index (χ1n) is 17.8. The molecule has 1 amide bonds. The molecule has 1 atom stereocenters. The number of aryl methyl sites for hydroxylation is 2. The van der Waals surface area contributed by atoms with Crippen molar-refractivity contribution in [2.75, 3.05) is 50.9 Å². The molecule has 2 aliphatic heterocycles. The predicted molar refractivity (Wildman–Crippen MR) is 200 cm³/mol. The van der Waals surface area contributed by atoms with Crippen molar-refractivity contribution in [3.05, 3.63) is 105 Å². The number of piperazine rings is 1. The van der Waals surface area contributed by atoms with Gasteiger partial charge in [-0.2, -0.15) is 0 Å². The molecule has 0 aliphatic carbocycles. The highest BCUT2D eigenvalue weighted by Crippen LogP contribution is 2.46. The first-order valence-corrected chi connectivity index (χ1v) is 18.6. The topological polar surface area (TPSA) is 97.2 Å². The van der Waals surface area contributed by atoms with Gasteiger partial charge in [0.1, 0.15) is 37.0 Å². The van der Waals surface area contributed by atoms with Gasteiger partial charge in [-0.3, -0.25) is 9.59 Å². The maximum atomic E-state index is 12.4. The van der Waals surface area contributed by atoms with Crippen LogP contribution in [0.2, 0.25) is 10.0 Å². The average Bonchev–Trinajstić information content (AvgIpc) is 3.57. The molecule has 3 aromatic carbocycles. The second-order valence-electron chi connectivity index (χ2n) is 13.8. The lowest BCUT2D eigenvalue weighted by Gasteiger charge is -2.41. The van der Waals surface area contributed by atoms with Gasteiger partial charge in [0.05, 0.1) is 24.2 Å². The zero-order chi connectivity index (χ0) is 37.0. The fraction of sp³-hybridized carbons (Fsp3) is 0.425. The molecule has 1 unspecified atom stereocenters. The van der Waals surface area contributed by atoms with Crippen LogP contribution in [0.3, 0.4) is 0 Å². The Hall–Kier alpha value is -3.61. The zero-order valence-corrected chi connectivity index (χ0v) is 33.9. The minimum Gasteiger partial charge on any atom is -1.00 e. The Labute approximate surface area is 332 Å². The van der Waals surface area contributed by atoms with Crippen LogP contribution >= 0.6 is 23.2 Å². The van der Waals surface area contributed by atoms with E-state index in [4.69, 9.17) is 42.1 Å². The first-order chi connectivity index (χ1) is 24.9.